The lowest BCUT2D eigenvalue weighted by atomic mass is 10.1. The molecule has 4 nitrogen and oxygen atoms in total. The number of carbonyl (C=O) groups excluding carboxylic acids is 1. The molecule has 0 aromatic heterocycles. The first kappa shape index (κ1) is 14.7. The maximum Gasteiger partial charge on any atom is 0.221 e. The topological polar surface area (TPSA) is 58.4 Å². The van der Waals surface area contributed by atoms with Gasteiger partial charge in [-0.3, -0.25) is 9.69 Å². The Morgan fingerprint density at radius 1 is 1.50 bits per heavy atom. The molecule has 4 heteroatoms. The highest BCUT2D eigenvalue weighted by Crippen LogP contribution is 2.10. The minimum atomic E-state index is 0.0292. The third kappa shape index (κ3) is 4.47. The lowest BCUT2D eigenvalue weighted by Gasteiger charge is -2.26. The molecule has 0 radical (unpaired) electrons. The maximum atomic E-state index is 11.4. The van der Waals surface area contributed by atoms with Gasteiger partial charge in [0.15, 0.2) is 0 Å². The molecule has 1 rings (SSSR count). The molecule has 1 unspecified atom stereocenters. The Kier molecular flexibility index (Phi) is 5.82. The van der Waals surface area contributed by atoms with Crippen molar-refractivity contribution in [3.8, 4) is 0 Å². The number of nitrogens with zero attached hydrogens (tertiary/aromatic N) is 1. The van der Waals surface area contributed by atoms with Crippen LogP contribution in [0.1, 0.15) is 17.5 Å². The smallest absolute Gasteiger partial charge is 0.221 e. The second kappa shape index (κ2) is 7.13. The average molecular weight is 249 g/mol. The predicted octanol–water partition coefficient (Wildman–Crippen LogP) is 0.890. The maximum absolute atomic E-state index is 11.4. The summed E-state index contributed by atoms with van der Waals surface area (Å²) in [6, 6.07) is 8.45. The summed E-state index contributed by atoms with van der Waals surface area (Å²) in [5.74, 6) is 0.0292. The van der Waals surface area contributed by atoms with Crippen molar-refractivity contribution in [1.82, 2.24) is 10.2 Å². The molecule has 0 fully saturated rings. The number of nitrogens with one attached hydrogen (secondary N) is 1. The van der Waals surface area contributed by atoms with E-state index in [4.69, 9.17) is 5.73 Å². The number of nitrogens with two attached hydrogens (primary N) is 1. The summed E-state index contributed by atoms with van der Waals surface area (Å²) in [6.07, 6.45) is 0.440. The monoisotopic (exact) mass is 249 g/mol. The van der Waals surface area contributed by atoms with E-state index in [2.05, 4.69) is 41.4 Å². The molecule has 1 aromatic carbocycles. The third-order valence-corrected chi connectivity index (χ3v) is 3.11. The Morgan fingerprint density at radius 3 is 2.78 bits per heavy atom. The van der Waals surface area contributed by atoms with Gasteiger partial charge in [-0.15, -0.1) is 0 Å². The molecule has 0 heterocycles. The highest BCUT2D eigenvalue weighted by Gasteiger charge is 2.16. The van der Waals surface area contributed by atoms with Crippen molar-refractivity contribution in [2.75, 3.05) is 20.6 Å². The first-order valence-electron chi connectivity index (χ1n) is 6.23. The van der Waals surface area contributed by atoms with Crippen LogP contribution in [-0.4, -0.2) is 37.5 Å². The molecule has 0 aliphatic rings. The predicted molar refractivity (Wildman–Crippen MR) is 74.2 cm³/mol. The van der Waals surface area contributed by atoms with Crippen molar-refractivity contribution in [3.05, 3.63) is 35.4 Å². The van der Waals surface area contributed by atoms with Gasteiger partial charge in [-0.1, -0.05) is 29.8 Å². The van der Waals surface area contributed by atoms with E-state index in [-0.39, 0.29) is 11.9 Å². The molecular weight excluding hydrogens is 226 g/mol. The van der Waals surface area contributed by atoms with Crippen molar-refractivity contribution in [2.45, 2.75) is 25.9 Å². The molecule has 0 aliphatic carbocycles. The van der Waals surface area contributed by atoms with Gasteiger partial charge < -0.3 is 11.1 Å². The van der Waals surface area contributed by atoms with Crippen LogP contribution in [0.3, 0.4) is 0 Å². The van der Waals surface area contributed by atoms with Gasteiger partial charge in [-0.25, -0.2) is 0 Å². The van der Waals surface area contributed by atoms with E-state index >= 15 is 0 Å². The fourth-order valence-electron chi connectivity index (χ4n) is 1.96. The summed E-state index contributed by atoms with van der Waals surface area (Å²) in [5.41, 5.74) is 8.23. The van der Waals surface area contributed by atoms with Crippen molar-refractivity contribution >= 4 is 5.91 Å². The van der Waals surface area contributed by atoms with Crippen LogP contribution in [0.15, 0.2) is 24.3 Å². The van der Waals surface area contributed by atoms with Crippen LogP contribution in [0.2, 0.25) is 0 Å². The number of benzene rings is 1. The van der Waals surface area contributed by atoms with E-state index < -0.39 is 0 Å². The quantitative estimate of drug-likeness (QED) is 0.787. The van der Waals surface area contributed by atoms with E-state index in [0.717, 1.165) is 6.54 Å². The van der Waals surface area contributed by atoms with Crippen LogP contribution >= 0.6 is 0 Å². The Hall–Kier alpha value is -1.39. The molecule has 0 saturated carbocycles. The Labute approximate surface area is 109 Å². The van der Waals surface area contributed by atoms with Crippen molar-refractivity contribution in [2.24, 2.45) is 5.73 Å². The van der Waals surface area contributed by atoms with Crippen LogP contribution < -0.4 is 11.1 Å². The highest BCUT2D eigenvalue weighted by atomic mass is 16.1. The Bertz CT molecular complexity index is 392. The average Bonchev–Trinajstić information content (AvgIpc) is 2.35. The third-order valence-electron chi connectivity index (χ3n) is 3.11. The van der Waals surface area contributed by atoms with E-state index in [9.17, 15) is 4.79 Å². The van der Waals surface area contributed by atoms with E-state index in [1.165, 1.54) is 11.1 Å². The SMILES string of the molecule is CNC(=O)CC(CN)N(C)Cc1cccc(C)c1. The van der Waals surface area contributed by atoms with Crippen LogP contribution in [-0.2, 0) is 11.3 Å². The van der Waals surface area contributed by atoms with Crippen molar-refractivity contribution < 1.29 is 4.79 Å². The first-order chi connectivity index (χ1) is 8.56. The minimum Gasteiger partial charge on any atom is -0.359 e. The van der Waals surface area contributed by atoms with Gasteiger partial charge in [-0.05, 0) is 19.5 Å². The zero-order valence-corrected chi connectivity index (χ0v) is 11.4. The molecule has 0 aliphatic heterocycles. The number of likely N-dealkylation sites (N-methyl/N-ethyl adjacent to an activating group) is 1. The van der Waals surface area contributed by atoms with Crippen LogP contribution in [0, 0.1) is 6.92 Å². The standard InChI is InChI=1S/C14H23N3O/c1-11-5-4-6-12(7-11)10-17(3)13(9-15)8-14(18)16-2/h4-7,13H,8-10,15H2,1-3H3,(H,16,18). The van der Waals surface area contributed by atoms with E-state index in [1.807, 2.05) is 7.05 Å². The molecule has 0 saturated heterocycles. The number of carbonyl (C=O) groups is 1. The molecule has 3 N–H and O–H groups in total. The van der Waals surface area contributed by atoms with Crippen LogP contribution in [0.5, 0.6) is 0 Å². The van der Waals surface area contributed by atoms with Gasteiger partial charge in [0.05, 0.1) is 0 Å². The number of hydrogen-bond donors (Lipinski definition) is 2. The number of rotatable bonds is 6. The number of amides is 1. The zero-order valence-electron chi connectivity index (χ0n) is 11.4. The zero-order chi connectivity index (χ0) is 13.5. The summed E-state index contributed by atoms with van der Waals surface area (Å²) < 4.78 is 0. The van der Waals surface area contributed by atoms with E-state index in [0.29, 0.717) is 13.0 Å². The number of hydrogen-bond acceptors (Lipinski definition) is 3. The lowest BCUT2D eigenvalue weighted by Crippen LogP contribution is -2.41. The Morgan fingerprint density at radius 2 is 2.22 bits per heavy atom. The second-order valence-electron chi connectivity index (χ2n) is 4.67. The molecule has 1 amide bonds. The van der Waals surface area contributed by atoms with Gasteiger partial charge in [-0.2, -0.15) is 0 Å². The molecule has 1 atom stereocenters. The van der Waals surface area contributed by atoms with Gasteiger partial charge in [0, 0.05) is 32.6 Å². The van der Waals surface area contributed by atoms with Gasteiger partial charge in [0.25, 0.3) is 0 Å². The number of aryl methyl sites for hydroxylation is 1. The summed E-state index contributed by atoms with van der Waals surface area (Å²) in [5, 5.41) is 2.64. The molecule has 0 bridgehead atoms. The second-order valence-corrected chi connectivity index (χ2v) is 4.67. The van der Waals surface area contributed by atoms with Gasteiger partial charge >= 0.3 is 0 Å². The fourth-order valence-corrected chi connectivity index (χ4v) is 1.96. The minimum absolute atomic E-state index is 0.0292. The summed E-state index contributed by atoms with van der Waals surface area (Å²) in [4.78, 5) is 13.5. The molecule has 100 valence electrons. The summed E-state index contributed by atoms with van der Waals surface area (Å²) in [7, 11) is 3.65. The van der Waals surface area contributed by atoms with E-state index in [1.54, 1.807) is 7.05 Å². The van der Waals surface area contributed by atoms with Crippen LogP contribution in [0.25, 0.3) is 0 Å². The largest absolute Gasteiger partial charge is 0.359 e. The molecule has 1 aromatic rings. The molecular formula is C14H23N3O. The summed E-state index contributed by atoms with van der Waals surface area (Å²) in [6.45, 7) is 3.37. The first-order valence-corrected chi connectivity index (χ1v) is 6.23. The lowest BCUT2D eigenvalue weighted by molar-refractivity contribution is -0.121. The van der Waals surface area contributed by atoms with Crippen LogP contribution in [0.4, 0.5) is 0 Å². The highest BCUT2D eigenvalue weighted by molar-refractivity contribution is 5.76. The molecule has 0 spiro atoms. The Balaban J connectivity index is 2.61. The van der Waals surface area contributed by atoms with Crippen molar-refractivity contribution in [1.29, 1.82) is 0 Å². The molecule has 18 heavy (non-hydrogen) atoms. The fraction of sp³-hybridized carbons (Fsp3) is 0.500. The van der Waals surface area contributed by atoms with Gasteiger partial charge in [0.2, 0.25) is 5.91 Å². The normalized spacial score (nSPS) is 12.5. The van der Waals surface area contributed by atoms with Crippen molar-refractivity contribution in [3.63, 3.8) is 0 Å². The summed E-state index contributed by atoms with van der Waals surface area (Å²) >= 11 is 0. The van der Waals surface area contributed by atoms with Gasteiger partial charge in [0.1, 0.15) is 0 Å².